The molecule has 0 spiro atoms. The predicted octanol–water partition coefficient (Wildman–Crippen LogP) is 4.07. The number of hydrogen-bond donors (Lipinski definition) is 1. The minimum atomic E-state index is -4.13. The fourth-order valence-electron chi connectivity index (χ4n) is 1.71. The van der Waals surface area contributed by atoms with Crippen LogP contribution in [0.1, 0.15) is 35.6 Å². The lowest BCUT2D eigenvalue weighted by Crippen LogP contribution is -2.16. The molecular formula is C12H17ClF3N. The van der Waals surface area contributed by atoms with E-state index < -0.39 is 18.6 Å². The second kappa shape index (κ2) is 6.26. The van der Waals surface area contributed by atoms with Crippen molar-refractivity contribution in [1.82, 2.24) is 0 Å². The Labute approximate surface area is 106 Å². The third kappa shape index (κ3) is 5.94. The molecule has 17 heavy (non-hydrogen) atoms. The molecule has 0 bridgehead atoms. The second-order valence-corrected chi connectivity index (χ2v) is 4.18. The van der Waals surface area contributed by atoms with E-state index in [1.165, 1.54) is 0 Å². The average Bonchev–Trinajstić information content (AvgIpc) is 2.11. The van der Waals surface area contributed by atoms with Gasteiger partial charge >= 0.3 is 6.18 Å². The maximum Gasteiger partial charge on any atom is 0.389 e. The van der Waals surface area contributed by atoms with Crippen LogP contribution in [0, 0.1) is 13.8 Å². The van der Waals surface area contributed by atoms with Crippen LogP contribution >= 0.6 is 12.4 Å². The fraction of sp³-hybridized carbons (Fsp3) is 0.500. The zero-order valence-corrected chi connectivity index (χ0v) is 10.7. The predicted molar refractivity (Wildman–Crippen MR) is 65.4 cm³/mol. The first-order valence-corrected chi connectivity index (χ1v) is 5.18. The zero-order chi connectivity index (χ0) is 12.3. The van der Waals surface area contributed by atoms with Crippen molar-refractivity contribution in [3.05, 3.63) is 34.9 Å². The second-order valence-electron chi connectivity index (χ2n) is 4.18. The Bertz CT molecular complexity index is 343. The van der Waals surface area contributed by atoms with Gasteiger partial charge in [0.2, 0.25) is 0 Å². The molecule has 0 saturated carbocycles. The molecule has 0 aliphatic rings. The molecular weight excluding hydrogens is 251 g/mol. The van der Waals surface area contributed by atoms with Gasteiger partial charge in [0.25, 0.3) is 0 Å². The van der Waals surface area contributed by atoms with Crippen molar-refractivity contribution in [3.63, 3.8) is 0 Å². The summed E-state index contributed by atoms with van der Waals surface area (Å²) >= 11 is 0. The maximum atomic E-state index is 12.0. The molecule has 0 amide bonds. The van der Waals surface area contributed by atoms with Gasteiger partial charge in [-0.2, -0.15) is 13.2 Å². The molecule has 1 atom stereocenters. The summed E-state index contributed by atoms with van der Waals surface area (Å²) in [5.41, 5.74) is 8.57. The van der Waals surface area contributed by atoms with E-state index in [9.17, 15) is 13.2 Å². The Morgan fingerprint density at radius 2 is 1.59 bits per heavy atom. The van der Waals surface area contributed by atoms with Crippen LogP contribution in [0.5, 0.6) is 0 Å². The Morgan fingerprint density at radius 3 is 2.00 bits per heavy atom. The summed E-state index contributed by atoms with van der Waals surface area (Å²) in [6, 6.07) is 5.11. The van der Waals surface area contributed by atoms with Gasteiger partial charge in [-0.3, -0.25) is 0 Å². The monoisotopic (exact) mass is 267 g/mol. The van der Waals surface area contributed by atoms with Gasteiger partial charge in [0, 0.05) is 12.5 Å². The molecule has 0 aromatic heterocycles. The first-order chi connectivity index (χ1) is 7.28. The van der Waals surface area contributed by atoms with Gasteiger partial charge in [-0.1, -0.05) is 29.3 Å². The highest BCUT2D eigenvalue weighted by atomic mass is 35.5. The number of benzene rings is 1. The van der Waals surface area contributed by atoms with E-state index >= 15 is 0 Å². The minimum absolute atomic E-state index is 0. The van der Waals surface area contributed by atoms with Crippen molar-refractivity contribution in [2.75, 3.05) is 0 Å². The van der Waals surface area contributed by atoms with Gasteiger partial charge < -0.3 is 5.73 Å². The highest BCUT2D eigenvalue weighted by Crippen LogP contribution is 2.27. The van der Waals surface area contributed by atoms with E-state index in [1.54, 1.807) is 0 Å². The van der Waals surface area contributed by atoms with Crippen LogP contribution in [0.3, 0.4) is 0 Å². The normalized spacial score (nSPS) is 13.1. The van der Waals surface area contributed by atoms with Crippen LogP contribution in [-0.4, -0.2) is 6.18 Å². The number of hydrogen-bond acceptors (Lipinski definition) is 1. The largest absolute Gasteiger partial charge is 0.389 e. The molecule has 0 unspecified atom stereocenters. The first kappa shape index (κ1) is 16.3. The van der Waals surface area contributed by atoms with Crippen LogP contribution in [-0.2, 0) is 0 Å². The zero-order valence-electron chi connectivity index (χ0n) is 9.84. The standard InChI is InChI=1S/C12H16F3N.ClH/c1-8-5-9(2)7-10(6-8)11(16)3-4-12(13,14)15;/h5-7,11H,3-4,16H2,1-2H3;1H/t11-;/m1./s1. The van der Waals surface area contributed by atoms with Crippen molar-refractivity contribution in [2.24, 2.45) is 5.73 Å². The number of aryl methyl sites for hydroxylation is 2. The Hall–Kier alpha value is -0.740. The lowest BCUT2D eigenvalue weighted by atomic mass is 9.99. The molecule has 1 aromatic carbocycles. The van der Waals surface area contributed by atoms with Crippen LogP contribution < -0.4 is 5.73 Å². The summed E-state index contributed by atoms with van der Waals surface area (Å²) in [7, 11) is 0. The van der Waals surface area contributed by atoms with Crippen LogP contribution in [0.4, 0.5) is 13.2 Å². The lowest BCUT2D eigenvalue weighted by molar-refractivity contribution is -0.136. The maximum absolute atomic E-state index is 12.0. The third-order valence-electron chi connectivity index (χ3n) is 2.41. The van der Waals surface area contributed by atoms with Gasteiger partial charge in [0.15, 0.2) is 0 Å². The number of rotatable bonds is 3. The Kier molecular flexibility index (Phi) is 5.99. The smallest absolute Gasteiger partial charge is 0.324 e. The van der Waals surface area contributed by atoms with E-state index in [1.807, 2.05) is 32.0 Å². The topological polar surface area (TPSA) is 26.0 Å². The van der Waals surface area contributed by atoms with Crippen molar-refractivity contribution in [1.29, 1.82) is 0 Å². The van der Waals surface area contributed by atoms with Crippen LogP contribution in [0.15, 0.2) is 18.2 Å². The lowest BCUT2D eigenvalue weighted by Gasteiger charge is -2.14. The van der Waals surface area contributed by atoms with E-state index in [4.69, 9.17) is 5.73 Å². The molecule has 0 fully saturated rings. The summed E-state index contributed by atoms with van der Waals surface area (Å²) in [6.45, 7) is 3.82. The fourth-order valence-corrected chi connectivity index (χ4v) is 1.71. The van der Waals surface area contributed by atoms with Crippen molar-refractivity contribution >= 4 is 12.4 Å². The number of halogens is 4. The number of alkyl halides is 3. The third-order valence-corrected chi connectivity index (χ3v) is 2.41. The van der Waals surface area contributed by atoms with E-state index in [-0.39, 0.29) is 18.8 Å². The van der Waals surface area contributed by atoms with Gasteiger partial charge in [-0.15, -0.1) is 12.4 Å². The van der Waals surface area contributed by atoms with E-state index in [0.29, 0.717) is 0 Å². The highest BCUT2D eigenvalue weighted by molar-refractivity contribution is 5.85. The van der Waals surface area contributed by atoms with E-state index in [2.05, 4.69) is 0 Å². The SMILES string of the molecule is Cc1cc(C)cc([C@H](N)CCC(F)(F)F)c1.Cl. The van der Waals surface area contributed by atoms with Gasteiger partial charge in [-0.05, 0) is 25.8 Å². The van der Waals surface area contributed by atoms with Crippen LogP contribution in [0.25, 0.3) is 0 Å². The summed E-state index contributed by atoms with van der Waals surface area (Å²) in [4.78, 5) is 0. The molecule has 0 heterocycles. The van der Waals surface area contributed by atoms with Crippen LogP contribution in [0.2, 0.25) is 0 Å². The molecule has 2 N–H and O–H groups in total. The quantitative estimate of drug-likeness (QED) is 0.878. The molecule has 0 saturated heterocycles. The van der Waals surface area contributed by atoms with E-state index in [0.717, 1.165) is 16.7 Å². The summed E-state index contributed by atoms with van der Waals surface area (Å²) in [6.07, 6.45) is -5.02. The Balaban J connectivity index is 0.00000256. The summed E-state index contributed by atoms with van der Waals surface area (Å²) in [5.74, 6) is 0. The van der Waals surface area contributed by atoms with Gasteiger partial charge in [0.05, 0.1) is 0 Å². The molecule has 98 valence electrons. The average molecular weight is 268 g/mol. The molecule has 0 aliphatic heterocycles. The molecule has 1 nitrogen and oxygen atoms in total. The molecule has 1 rings (SSSR count). The summed E-state index contributed by atoms with van der Waals surface area (Å²) < 4.78 is 36.1. The molecule has 1 aromatic rings. The molecule has 5 heteroatoms. The van der Waals surface area contributed by atoms with Gasteiger partial charge in [-0.25, -0.2) is 0 Å². The number of nitrogens with two attached hydrogens (primary N) is 1. The van der Waals surface area contributed by atoms with Crippen molar-refractivity contribution in [3.8, 4) is 0 Å². The molecule has 0 radical (unpaired) electrons. The first-order valence-electron chi connectivity index (χ1n) is 5.18. The highest BCUT2D eigenvalue weighted by Gasteiger charge is 2.27. The Morgan fingerprint density at radius 1 is 1.12 bits per heavy atom. The van der Waals surface area contributed by atoms with Crippen molar-refractivity contribution in [2.45, 2.75) is 38.9 Å². The summed E-state index contributed by atoms with van der Waals surface area (Å²) in [5, 5.41) is 0. The molecule has 0 aliphatic carbocycles. The van der Waals surface area contributed by atoms with Crippen molar-refractivity contribution < 1.29 is 13.2 Å². The van der Waals surface area contributed by atoms with Gasteiger partial charge in [0.1, 0.15) is 0 Å². The minimum Gasteiger partial charge on any atom is -0.324 e.